The molecule has 3 unspecified atom stereocenters. The first-order chi connectivity index (χ1) is 12.8. The van der Waals surface area contributed by atoms with Crippen LogP contribution in [-0.4, -0.2) is 86.9 Å². The number of hydrogen-bond acceptors (Lipinski definition) is 8. The normalized spacial score (nSPS) is 13.9. The number of carboxylic acids is 1. The maximum atomic E-state index is 12.4. The lowest BCUT2D eigenvalue weighted by Crippen LogP contribution is -2.58. The van der Waals surface area contributed by atoms with Crippen LogP contribution in [0.5, 0.6) is 0 Å². The third-order valence-corrected chi connectivity index (χ3v) is 3.43. The Morgan fingerprint density at radius 2 is 1.63 bits per heavy atom. The number of aliphatic carboxylic acids is 1. The molecular weight excluding hydrogens is 364 g/mol. The monoisotopic (exact) mass is 386 g/mol. The zero-order chi connectivity index (χ0) is 20.4. The summed E-state index contributed by atoms with van der Waals surface area (Å²) in [6.45, 7) is -2.00. The molecular formula is C14H22N6O7. The number of imidazole rings is 1. The van der Waals surface area contributed by atoms with Gasteiger partial charge in [0.05, 0.1) is 26.1 Å². The van der Waals surface area contributed by atoms with Crippen LogP contribution in [0.25, 0.3) is 0 Å². The molecule has 0 saturated carbocycles. The summed E-state index contributed by atoms with van der Waals surface area (Å²) >= 11 is 0. The van der Waals surface area contributed by atoms with Crippen molar-refractivity contribution in [3.8, 4) is 0 Å². The fraction of sp³-hybridized carbons (Fsp3) is 0.500. The molecule has 0 bridgehead atoms. The van der Waals surface area contributed by atoms with Gasteiger partial charge in [-0.1, -0.05) is 0 Å². The maximum absolute atomic E-state index is 12.4. The lowest BCUT2D eigenvalue weighted by atomic mass is 10.1. The molecule has 1 rings (SSSR count). The average Bonchev–Trinajstić information content (AvgIpc) is 3.15. The molecule has 13 heteroatoms. The molecule has 0 aromatic carbocycles. The van der Waals surface area contributed by atoms with E-state index in [-0.39, 0.29) is 6.42 Å². The summed E-state index contributed by atoms with van der Waals surface area (Å²) in [4.78, 5) is 53.4. The molecule has 1 aromatic heterocycles. The summed E-state index contributed by atoms with van der Waals surface area (Å²) in [7, 11) is 0. The molecule has 0 radical (unpaired) electrons. The van der Waals surface area contributed by atoms with Gasteiger partial charge in [0.15, 0.2) is 0 Å². The van der Waals surface area contributed by atoms with Gasteiger partial charge in [-0.2, -0.15) is 0 Å². The number of amides is 3. The van der Waals surface area contributed by atoms with Crippen molar-refractivity contribution >= 4 is 23.7 Å². The number of nitrogens with two attached hydrogens (primary N) is 1. The van der Waals surface area contributed by atoms with E-state index < -0.39 is 61.6 Å². The van der Waals surface area contributed by atoms with Crippen molar-refractivity contribution < 1.29 is 34.5 Å². The van der Waals surface area contributed by atoms with Crippen molar-refractivity contribution in [2.75, 3.05) is 19.8 Å². The van der Waals surface area contributed by atoms with Crippen LogP contribution in [0.4, 0.5) is 0 Å². The van der Waals surface area contributed by atoms with Gasteiger partial charge >= 0.3 is 5.97 Å². The Bertz CT molecular complexity index is 650. The summed E-state index contributed by atoms with van der Waals surface area (Å²) in [5, 5.41) is 33.8. The van der Waals surface area contributed by atoms with E-state index in [9.17, 15) is 24.3 Å². The molecule has 0 saturated heterocycles. The number of nitrogens with one attached hydrogen (secondary N) is 4. The lowest BCUT2D eigenvalue weighted by molar-refractivity contribution is -0.143. The fourth-order valence-corrected chi connectivity index (χ4v) is 2.00. The number of carbonyl (C=O) groups is 4. The van der Waals surface area contributed by atoms with E-state index in [1.807, 2.05) is 0 Å². The minimum absolute atomic E-state index is 0.0850. The number of nitrogens with zero attached hydrogens (tertiary/aromatic N) is 1. The molecule has 0 spiro atoms. The van der Waals surface area contributed by atoms with Crippen LogP contribution in [0.2, 0.25) is 0 Å². The van der Waals surface area contributed by atoms with Crippen molar-refractivity contribution in [3.05, 3.63) is 18.2 Å². The third-order valence-electron chi connectivity index (χ3n) is 3.43. The molecule has 13 nitrogen and oxygen atoms in total. The first-order valence-corrected chi connectivity index (χ1v) is 7.84. The minimum atomic E-state index is -1.57. The highest BCUT2D eigenvalue weighted by atomic mass is 16.4. The molecule has 9 N–H and O–H groups in total. The Morgan fingerprint density at radius 1 is 1.04 bits per heavy atom. The largest absolute Gasteiger partial charge is 0.480 e. The summed E-state index contributed by atoms with van der Waals surface area (Å²) in [5.41, 5.74) is 5.59. The fourth-order valence-electron chi connectivity index (χ4n) is 2.00. The Kier molecular flexibility index (Phi) is 8.84. The van der Waals surface area contributed by atoms with Gasteiger partial charge in [-0.05, 0) is 0 Å². The topological polar surface area (TPSA) is 220 Å². The van der Waals surface area contributed by atoms with E-state index >= 15 is 0 Å². The molecule has 3 amide bonds. The molecule has 1 heterocycles. The third kappa shape index (κ3) is 7.01. The zero-order valence-corrected chi connectivity index (χ0v) is 14.2. The maximum Gasteiger partial charge on any atom is 0.328 e. The summed E-state index contributed by atoms with van der Waals surface area (Å²) in [6, 6.07) is -4.19. The van der Waals surface area contributed by atoms with Crippen LogP contribution in [0.15, 0.2) is 12.5 Å². The first kappa shape index (κ1) is 22.0. The van der Waals surface area contributed by atoms with Gasteiger partial charge in [0.2, 0.25) is 17.7 Å². The van der Waals surface area contributed by atoms with Gasteiger partial charge < -0.3 is 42.0 Å². The predicted molar refractivity (Wildman–Crippen MR) is 88.9 cm³/mol. The van der Waals surface area contributed by atoms with Crippen LogP contribution in [0, 0.1) is 0 Å². The van der Waals surface area contributed by atoms with Crippen molar-refractivity contribution in [2.45, 2.75) is 24.5 Å². The van der Waals surface area contributed by atoms with Crippen molar-refractivity contribution in [1.29, 1.82) is 0 Å². The summed E-state index contributed by atoms with van der Waals surface area (Å²) in [6.07, 6.45) is 2.66. The van der Waals surface area contributed by atoms with E-state index in [4.69, 9.17) is 15.9 Å². The SMILES string of the molecule is NCC(=O)NC(CO)C(=O)NC(Cc1cnc[nH]1)C(=O)NC(CO)C(=O)O. The number of aromatic nitrogens is 2. The number of rotatable bonds is 11. The highest BCUT2D eigenvalue weighted by molar-refractivity contribution is 5.93. The number of aliphatic hydroxyl groups excluding tert-OH is 2. The quantitative estimate of drug-likeness (QED) is 0.183. The van der Waals surface area contributed by atoms with Crippen LogP contribution < -0.4 is 21.7 Å². The smallest absolute Gasteiger partial charge is 0.328 e. The number of H-pyrrole nitrogens is 1. The van der Waals surface area contributed by atoms with Gasteiger partial charge in [0, 0.05) is 18.3 Å². The molecule has 27 heavy (non-hydrogen) atoms. The van der Waals surface area contributed by atoms with Crippen molar-refractivity contribution in [2.24, 2.45) is 5.73 Å². The van der Waals surface area contributed by atoms with E-state index in [1.165, 1.54) is 12.5 Å². The molecule has 3 atom stereocenters. The first-order valence-electron chi connectivity index (χ1n) is 7.84. The number of carbonyl (C=O) groups excluding carboxylic acids is 3. The minimum Gasteiger partial charge on any atom is -0.480 e. The standard InChI is InChI=1S/C14H22N6O7/c15-2-11(23)18-9(4-21)13(25)19-8(1-7-3-16-6-17-7)12(24)20-10(5-22)14(26)27/h3,6,8-10,21-22H,1-2,4-5,15H2,(H,16,17)(H,18,23)(H,19,25)(H,20,24)(H,26,27). The van der Waals surface area contributed by atoms with E-state index in [0.717, 1.165) is 0 Å². The summed E-state index contributed by atoms with van der Waals surface area (Å²) in [5.74, 6) is -3.91. The summed E-state index contributed by atoms with van der Waals surface area (Å²) < 4.78 is 0. The van der Waals surface area contributed by atoms with Crippen LogP contribution in [0.1, 0.15) is 5.69 Å². The van der Waals surface area contributed by atoms with Crippen molar-refractivity contribution in [1.82, 2.24) is 25.9 Å². The average molecular weight is 386 g/mol. The van der Waals surface area contributed by atoms with E-state index in [0.29, 0.717) is 5.69 Å². The molecule has 0 aliphatic carbocycles. The van der Waals surface area contributed by atoms with Gasteiger partial charge in [-0.3, -0.25) is 14.4 Å². The number of aromatic amines is 1. The second kappa shape index (κ2) is 10.8. The highest BCUT2D eigenvalue weighted by Crippen LogP contribution is 2.01. The Morgan fingerprint density at radius 3 is 2.11 bits per heavy atom. The number of carboxylic acid groups (broad SMARTS) is 1. The van der Waals surface area contributed by atoms with E-state index in [2.05, 4.69) is 25.9 Å². The van der Waals surface area contributed by atoms with Gasteiger partial charge in [0.1, 0.15) is 18.1 Å². The molecule has 0 aliphatic rings. The van der Waals surface area contributed by atoms with Crippen molar-refractivity contribution in [3.63, 3.8) is 0 Å². The van der Waals surface area contributed by atoms with Crippen LogP contribution in [0.3, 0.4) is 0 Å². The van der Waals surface area contributed by atoms with Gasteiger partial charge in [-0.25, -0.2) is 9.78 Å². The molecule has 1 aromatic rings. The molecule has 150 valence electrons. The Balaban J connectivity index is 2.90. The molecule has 0 fully saturated rings. The van der Waals surface area contributed by atoms with Crippen LogP contribution >= 0.6 is 0 Å². The number of aliphatic hydroxyl groups is 2. The van der Waals surface area contributed by atoms with E-state index in [1.54, 1.807) is 0 Å². The van der Waals surface area contributed by atoms with Gasteiger partial charge in [-0.15, -0.1) is 0 Å². The zero-order valence-electron chi connectivity index (χ0n) is 14.2. The van der Waals surface area contributed by atoms with Crippen LogP contribution in [-0.2, 0) is 25.6 Å². The molecule has 0 aliphatic heterocycles. The highest BCUT2D eigenvalue weighted by Gasteiger charge is 2.29. The Labute approximate surface area is 153 Å². The number of hydrogen-bond donors (Lipinski definition) is 8. The van der Waals surface area contributed by atoms with Gasteiger partial charge in [0.25, 0.3) is 0 Å². The predicted octanol–water partition coefficient (Wildman–Crippen LogP) is -4.57. The Hall–Kier alpha value is -3.03. The second-order valence-electron chi connectivity index (χ2n) is 5.43. The lowest BCUT2D eigenvalue weighted by Gasteiger charge is -2.23. The second-order valence-corrected chi connectivity index (χ2v) is 5.43.